The van der Waals surface area contributed by atoms with Crippen molar-refractivity contribution in [2.75, 3.05) is 19.7 Å². The van der Waals surface area contributed by atoms with Crippen molar-refractivity contribution in [1.82, 2.24) is 4.90 Å². The summed E-state index contributed by atoms with van der Waals surface area (Å²) in [5.74, 6) is -0.498. The van der Waals surface area contributed by atoms with E-state index in [0.29, 0.717) is 32.0 Å². The van der Waals surface area contributed by atoms with Crippen molar-refractivity contribution in [1.29, 1.82) is 0 Å². The number of nitrogens with zero attached hydrogens (tertiary/aromatic N) is 1. The van der Waals surface area contributed by atoms with Gasteiger partial charge in [0.2, 0.25) is 0 Å². The molecule has 5 heteroatoms. The monoisotopic (exact) mass is 231 g/mol. The second kappa shape index (κ2) is 7.96. The molecule has 0 unspecified atom stereocenters. The van der Waals surface area contributed by atoms with Crippen LogP contribution in [-0.2, 0) is 9.53 Å². The number of hydrogen-bond donors (Lipinski definition) is 1. The predicted molar refractivity (Wildman–Crippen MR) is 60.3 cm³/mol. The Kier molecular flexibility index (Phi) is 7.33. The van der Waals surface area contributed by atoms with Crippen LogP contribution in [0.3, 0.4) is 0 Å². The van der Waals surface area contributed by atoms with Gasteiger partial charge < -0.3 is 14.7 Å². The molecule has 0 radical (unpaired) electrons. The van der Waals surface area contributed by atoms with Crippen molar-refractivity contribution < 1.29 is 19.4 Å². The molecule has 0 saturated carbocycles. The third kappa shape index (κ3) is 7.09. The predicted octanol–water partition coefficient (Wildman–Crippen LogP) is 1.97. The number of carboxylic acid groups (broad SMARTS) is 1. The largest absolute Gasteiger partial charge is 0.481 e. The molecule has 16 heavy (non-hydrogen) atoms. The summed E-state index contributed by atoms with van der Waals surface area (Å²) in [7, 11) is 0. The zero-order chi connectivity index (χ0) is 12.6. The second-order valence-corrected chi connectivity index (χ2v) is 4.04. The lowest BCUT2D eigenvalue weighted by Gasteiger charge is -2.23. The molecule has 0 spiro atoms. The minimum atomic E-state index is -0.839. The van der Waals surface area contributed by atoms with Crippen molar-refractivity contribution in [2.24, 2.45) is 5.92 Å². The molecule has 0 aliphatic carbocycles. The van der Waals surface area contributed by atoms with Gasteiger partial charge in [-0.15, -0.1) is 0 Å². The minimum absolute atomic E-state index is 0.0774. The van der Waals surface area contributed by atoms with E-state index in [-0.39, 0.29) is 12.5 Å². The van der Waals surface area contributed by atoms with Crippen LogP contribution in [0.5, 0.6) is 0 Å². The number of amides is 1. The molecule has 1 N–H and O–H groups in total. The van der Waals surface area contributed by atoms with Crippen LogP contribution >= 0.6 is 0 Å². The molecule has 0 aromatic carbocycles. The van der Waals surface area contributed by atoms with Crippen LogP contribution in [0.2, 0.25) is 0 Å². The molecule has 0 aromatic rings. The van der Waals surface area contributed by atoms with Gasteiger partial charge in [-0.1, -0.05) is 13.8 Å². The van der Waals surface area contributed by atoms with Gasteiger partial charge >= 0.3 is 12.1 Å². The number of carbonyl (C=O) groups excluding carboxylic acids is 1. The van der Waals surface area contributed by atoms with Gasteiger partial charge in [0.25, 0.3) is 0 Å². The summed E-state index contributed by atoms with van der Waals surface area (Å²) in [4.78, 5) is 23.4. The summed E-state index contributed by atoms with van der Waals surface area (Å²) >= 11 is 0. The first-order chi connectivity index (χ1) is 7.47. The lowest BCUT2D eigenvalue weighted by Crippen LogP contribution is -2.35. The van der Waals surface area contributed by atoms with E-state index >= 15 is 0 Å². The Labute approximate surface area is 96.4 Å². The lowest BCUT2D eigenvalue weighted by molar-refractivity contribution is -0.137. The number of carboxylic acids is 1. The molecular weight excluding hydrogens is 210 g/mol. The topological polar surface area (TPSA) is 66.8 Å². The highest BCUT2D eigenvalue weighted by Crippen LogP contribution is 2.04. The number of ether oxygens (including phenoxy) is 1. The number of aliphatic carboxylic acids is 1. The summed E-state index contributed by atoms with van der Waals surface area (Å²) in [6.07, 6.45) is 0.177. The Morgan fingerprint density at radius 2 is 2.00 bits per heavy atom. The average molecular weight is 231 g/mol. The second-order valence-electron chi connectivity index (χ2n) is 4.04. The number of rotatable bonds is 7. The third-order valence-corrected chi connectivity index (χ3v) is 1.93. The van der Waals surface area contributed by atoms with Gasteiger partial charge in [0, 0.05) is 19.5 Å². The Morgan fingerprint density at radius 3 is 2.44 bits per heavy atom. The standard InChI is InChI=1S/C11H21NO4/c1-4-16-11(15)12(8-9(2)3)7-5-6-10(13)14/h9H,4-8H2,1-3H3,(H,13,14). The van der Waals surface area contributed by atoms with E-state index in [4.69, 9.17) is 9.84 Å². The Balaban J connectivity index is 4.09. The summed E-state index contributed by atoms with van der Waals surface area (Å²) in [5.41, 5.74) is 0. The maximum Gasteiger partial charge on any atom is 0.409 e. The van der Waals surface area contributed by atoms with Gasteiger partial charge in [-0.05, 0) is 19.3 Å². The average Bonchev–Trinajstić information content (AvgIpc) is 2.15. The molecule has 0 rings (SSSR count). The molecule has 5 nitrogen and oxygen atoms in total. The molecule has 0 bridgehead atoms. The third-order valence-electron chi connectivity index (χ3n) is 1.93. The Hall–Kier alpha value is -1.26. The summed E-state index contributed by atoms with van der Waals surface area (Å²) in [6, 6.07) is 0. The highest BCUT2D eigenvalue weighted by molar-refractivity contribution is 5.68. The zero-order valence-corrected chi connectivity index (χ0v) is 10.2. The van der Waals surface area contributed by atoms with Gasteiger partial charge in [0.15, 0.2) is 0 Å². The fourth-order valence-corrected chi connectivity index (χ4v) is 1.33. The maximum absolute atomic E-state index is 11.5. The van der Waals surface area contributed by atoms with Crippen LogP contribution in [0, 0.1) is 5.92 Å². The highest BCUT2D eigenvalue weighted by atomic mass is 16.6. The van der Waals surface area contributed by atoms with E-state index in [1.807, 2.05) is 13.8 Å². The number of carbonyl (C=O) groups is 2. The zero-order valence-electron chi connectivity index (χ0n) is 10.2. The van der Waals surface area contributed by atoms with Gasteiger partial charge in [-0.25, -0.2) is 4.79 Å². The molecule has 0 saturated heterocycles. The minimum Gasteiger partial charge on any atom is -0.481 e. The molecule has 0 aromatic heterocycles. The first-order valence-corrected chi connectivity index (χ1v) is 5.60. The molecule has 0 fully saturated rings. The smallest absolute Gasteiger partial charge is 0.409 e. The van der Waals surface area contributed by atoms with Crippen LogP contribution in [0.4, 0.5) is 4.79 Å². The van der Waals surface area contributed by atoms with Crippen LogP contribution in [0.15, 0.2) is 0 Å². The lowest BCUT2D eigenvalue weighted by atomic mass is 10.2. The molecular formula is C11H21NO4. The molecule has 0 heterocycles. The first kappa shape index (κ1) is 14.7. The Bertz CT molecular complexity index is 228. The van der Waals surface area contributed by atoms with Crippen LogP contribution in [-0.4, -0.2) is 41.8 Å². The van der Waals surface area contributed by atoms with Crippen LogP contribution in [0.25, 0.3) is 0 Å². The Morgan fingerprint density at radius 1 is 1.38 bits per heavy atom. The van der Waals surface area contributed by atoms with E-state index in [1.165, 1.54) is 0 Å². The molecule has 0 aliphatic heterocycles. The van der Waals surface area contributed by atoms with Crippen molar-refractivity contribution in [3.05, 3.63) is 0 Å². The maximum atomic E-state index is 11.5. The van der Waals surface area contributed by atoms with Crippen molar-refractivity contribution >= 4 is 12.1 Å². The quantitative estimate of drug-likeness (QED) is 0.727. The van der Waals surface area contributed by atoms with Crippen LogP contribution in [0.1, 0.15) is 33.6 Å². The van der Waals surface area contributed by atoms with E-state index in [2.05, 4.69) is 0 Å². The fourth-order valence-electron chi connectivity index (χ4n) is 1.33. The summed E-state index contributed by atoms with van der Waals surface area (Å²) in [5, 5.41) is 8.52. The van der Waals surface area contributed by atoms with Crippen molar-refractivity contribution in [3.63, 3.8) is 0 Å². The highest BCUT2D eigenvalue weighted by Gasteiger charge is 2.15. The normalized spacial score (nSPS) is 10.2. The first-order valence-electron chi connectivity index (χ1n) is 5.60. The molecule has 1 amide bonds. The van der Waals surface area contributed by atoms with Crippen molar-refractivity contribution in [3.8, 4) is 0 Å². The SMILES string of the molecule is CCOC(=O)N(CCCC(=O)O)CC(C)C. The van der Waals surface area contributed by atoms with Gasteiger partial charge in [0.1, 0.15) is 0 Å². The van der Waals surface area contributed by atoms with Crippen LogP contribution < -0.4 is 0 Å². The number of hydrogen-bond acceptors (Lipinski definition) is 3. The summed E-state index contributed by atoms with van der Waals surface area (Å²) < 4.78 is 4.90. The van der Waals surface area contributed by atoms with Gasteiger partial charge in [-0.3, -0.25) is 4.79 Å². The van der Waals surface area contributed by atoms with E-state index in [0.717, 1.165) is 0 Å². The summed E-state index contributed by atoms with van der Waals surface area (Å²) in [6.45, 7) is 7.13. The van der Waals surface area contributed by atoms with E-state index in [9.17, 15) is 9.59 Å². The molecule has 94 valence electrons. The molecule has 0 aliphatic rings. The molecule has 0 atom stereocenters. The van der Waals surface area contributed by atoms with E-state index in [1.54, 1.807) is 11.8 Å². The van der Waals surface area contributed by atoms with Gasteiger partial charge in [0.05, 0.1) is 6.61 Å². The van der Waals surface area contributed by atoms with Gasteiger partial charge in [-0.2, -0.15) is 0 Å². The van der Waals surface area contributed by atoms with E-state index < -0.39 is 5.97 Å². The fraction of sp³-hybridized carbons (Fsp3) is 0.818. The van der Waals surface area contributed by atoms with Crippen molar-refractivity contribution in [2.45, 2.75) is 33.6 Å².